The quantitative estimate of drug-likeness (QED) is 0.312. The van der Waals surface area contributed by atoms with E-state index in [-0.39, 0.29) is 17.4 Å². The van der Waals surface area contributed by atoms with Crippen LogP contribution in [0.2, 0.25) is 5.02 Å². The molecule has 1 heterocycles. The number of rotatable bonds is 7. The molecule has 34 heavy (non-hydrogen) atoms. The number of ether oxygens (including phenoxy) is 3. The third kappa shape index (κ3) is 4.97. The second kappa shape index (κ2) is 9.84. The van der Waals surface area contributed by atoms with E-state index in [9.17, 15) is 14.3 Å². The molecule has 0 unspecified atom stereocenters. The van der Waals surface area contributed by atoms with Crippen LogP contribution in [0.5, 0.6) is 23.0 Å². The molecule has 1 aromatic heterocycles. The monoisotopic (exact) mass is 482 g/mol. The molecule has 0 saturated heterocycles. The lowest BCUT2D eigenvalue weighted by atomic mass is 10.1. The van der Waals surface area contributed by atoms with Gasteiger partial charge in [0.2, 0.25) is 0 Å². The van der Waals surface area contributed by atoms with E-state index in [1.807, 2.05) is 0 Å². The molecule has 0 amide bonds. The van der Waals surface area contributed by atoms with Crippen LogP contribution in [0, 0.1) is 12.7 Å². The van der Waals surface area contributed by atoms with Crippen molar-refractivity contribution in [1.29, 1.82) is 0 Å². The van der Waals surface area contributed by atoms with E-state index < -0.39 is 11.8 Å². The zero-order chi connectivity index (χ0) is 24.2. The van der Waals surface area contributed by atoms with Gasteiger partial charge in [-0.2, -0.15) is 5.10 Å². The first-order chi connectivity index (χ1) is 16.4. The summed E-state index contributed by atoms with van der Waals surface area (Å²) in [6.45, 7) is 1.89. The molecule has 7 nitrogen and oxygen atoms in total. The average molecular weight is 483 g/mol. The number of aryl methyl sites for hydroxylation is 1. The lowest BCUT2D eigenvalue weighted by molar-refractivity contribution is 0.0600. The topological polar surface area (TPSA) is 93.7 Å². The number of carbonyl (C=O) groups is 1. The first-order valence-electron chi connectivity index (χ1n) is 10.2. The number of aromatic nitrogens is 2. The Morgan fingerprint density at radius 3 is 2.50 bits per heavy atom. The Kier molecular flexibility index (Phi) is 6.70. The van der Waals surface area contributed by atoms with Gasteiger partial charge in [-0.1, -0.05) is 17.7 Å². The first-order valence-corrected chi connectivity index (χ1v) is 10.5. The summed E-state index contributed by atoms with van der Waals surface area (Å²) in [5, 5.41) is 18.0. The van der Waals surface area contributed by atoms with Crippen molar-refractivity contribution in [2.75, 3.05) is 7.11 Å². The molecule has 174 valence electrons. The standard InChI is InChI=1S/C25H20ClFN2O5/c1-14-24(34-18-7-4-15(5-8-18)25(31)32-2)23(29-28-14)20-10-9-19(12-22(20)30)33-13-16-3-6-17(27)11-21(16)26/h3-12,30H,13H2,1-2H3,(H,28,29). The molecule has 0 aliphatic rings. The number of esters is 1. The van der Waals surface area contributed by atoms with Gasteiger partial charge >= 0.3 is 5.97 Å². The van der Waals surface area contributed by atoms with Crippen molar-refractivity contribution in [3.05, 3.63) is 88.3 Å². The number of H-pyrrole nitrogens is 1. The number of nitrogens with zero attached hydrogens (tertiary/aromatic N) is 1. The van der Waals surface area contributed by atoms with Crippen molar-refractivity contribution in [2.45, 2.75) is 13.5 Å². The van der Waals surface area contributed by atoms with Crippen LogP contribution in [0.4, 0.5) is 4.39 Å². The fourth-order valence-electron chi connectivity index (χ4n) is 3.22. The van der Waals surface area contributed by atoms with Gasteiger partial charge in [-0.15, -0.1) is 0 Å². The summed E-state index contributed by atoms with van der Waals surface area (Å²) in [4.78, 5) is 11.6. The maximum atomic E-state index is 13.2. The molecule has 3 aromatic carbocycles. The molecule has 4 aromatic rings. The molecular formula is C25H20ClFN2O5. The van der Waals surface area contributed by atoms with E-state index >= 15 is 0 Å². The molecule has 0 aliphatic heterocycles. The lowest BCUT2D eigenvalue weighted by Crippen LogP contribution is -2.00. The highest BCUT2D eigenvalue weighted by Crippen LogP contribution is 2.40. The summed E-state index contributed by atoms with van der Waals surface area (Å²) >= 11 is 6.03. The summed E-state index contributed by atoms with van der Waals surface area (Å²) in [7, 11) is 1.31. The van der Waals surface area contributed by atoms with Crippen LogP contribution < -0.4 is 9.47 Å². The first kappa shape index (κ1) is 23.1. The lowest BCUT2D eigenvalue weighted by Gasteiger charge is -2.11. The predicted molar refractivity (Wildman–Crippen MR) is 124 cm³/mol. The molecule has 0 saturated carbocycles. The number of phenolic OH excluding ortho intramolecular Hbond substituents is 1. The molecule has 2 N–H and O–H groups in total. The molecule has 0 aliphatic carbocycles. The van der Waals surface area contributed by atoms with Gasteiger partial charge in [0.15, 0.2) is 5.75 Å². The smallest absolute Gasteiger partial charge is 0.337 e. The minimum absolute atomic E-state index is 0.0694. The number of carbonyl (C=O) groups excluding carboxylic acids is 1. The minimum atomic E-state index is -0.444. The van der Waals surface area contributed by atoms with Gasteiger partial charge in [0, 0.05) is 17.2 Å². The van der Waals surface area contributed by atoms with Crippen LogP contribution in [0.15, 0.2) is 60.7 Å². The summed E-state index contributed by atoms with van der Waals surface area (Å²) in [6, 6.07) is 15.3. The number of benzene rings is 3. The van der Waals surface area contributed by atoms with E-state index in [1.165, 1.54) is 25.3 Å². The van der Waals surface area contributed by atoms with Crippen molar-refractivity contribution in [3.63, 3.8) is 0 Å². The average Bonchev–Trinajstić information content (AvgIpc) is 3.18. The molecule has 0 atom stereocenters. The predicted octanol–water partition coefficient (Wildman–Crippen LogP) is 6.04. The number of phenols is 1. The van der Waals surface area contributed by atoms with Crippen LogP contribution in [0.25, 0.3) is 11.3 Å². The maximum Gasteiger partial charge on any atom is 0.337 e. The van der Waals surface area contributed by atoms with E-state index in [2.05, 4.69) is 10.2 Å². The van der Waals surface area contributed by atoms with E-state index in [0.29, 0.717) is 45.3 Å². The fraction of sp³-hybridized carbons (Fsp3) is 0.120. The van der Waals surface area contributed by atoms with E-state index in [0.717, 1.165) is 0 Å². The van der Waals surface area contributed by atoms with Crippen LogP contribution in [0.3, 0.4) is 0 Å². The Hall–Kier alpha value is -4.04. The Morgan fingerprint density at radius 1 is 1.09 bits per heavy atom. The third-order valence-corrected chi connectivity index (χ3v) is 5.37. The van der Waals surface area contributed by atoms with Crippen molar-refractivity contribution in [2.24, 2.45) is 0 Å². The summed E-state index contributed by atoms with van der Waals surface area (Å²) in [5.74, 6) is 0.361. The van der Waals surface area contributed by atoms with Crippen LogP contribution in [-0.2, 0) is 11.3 Å². The van der Waals surface area contributed by atoms with Crippen molar-refractivity contribution >= 4 is 17.6 Å². The minimum Gasteiger partial charge on any atom is -0.507 e. The molecule has 9 heteroatoms. The third-order valence-electron chi connectivity index (χ3n) is 5.02. The highest BCUT2D eigenvalue weighted by Gasteiger charge is 2.19. The van der Waals surface area contributed by atoms with Gasteiger partial charge in [-0.05, 0) is 55.5 Å². The Morgan fingerprint density at radius 2 is 1.82 bits per heavy atom. The molecule has 0 bridgehead atoms. The van der Waals surface area contributed by atoms with Gasteiger partial charge in [0.1, 0.15) is 35.4 Å². The van der Waals surface area contributed by atoms with Crippen LogP contribution in [-0.4, -0.2) is 28.4 Å². The molecule has 4 rings (SSSR count). The number of methoxy groups -OCH3 is 1. The van der Waals surface area contributed by atoms with Gasteiger partial charge in [-0.25, -0.2) is 9.18 Å². The maximum absolute atomic E-state index is 13.2. The van der Waals surface area contributed by atoms with Gasteiger partial charge in [-0.3, -0.25) is 5.10 Å². The van der Waals surface area contributed by atoms with E-state index in [4.69, 9.17) is 25.8 Å². The number of hydrogen-bond acceptors (Lipinski definition) is 6. The highest BCUT2D eigenvalue weighted by atomic mass is 35.5. The molecule has 0 spiro atoms. The van der Waals surface area contributed by atoms with Crippen molar-refractivity contribution in [3.8, 4) is 34.3 Å². The Balaban J connectivity index is 1.53. The largest absolute Gasteiger partial charge is 0.507 e. The zero-order valence-corrected chi connectivity index (χ0v) is 19.0. The number of hydrogen-bond donors (Lipinski definition) is 2. The van der Waals surface area contributed by atoms with Crippen LogP contribution in [0.1, 0.15) is 21.6 Å². The Labute approximate surface area is 199 Å². The molecule has 0 radical (unpaired) electrons. The van der Waals surface area contributed by atoms with E-state index in [1.54, 1.807) is 49.4 Å². The van der Waals surface area contributed by atoms with Gasteiger partial charge < -0.3 is 19.3 Å². The number of aromatic amines is 1. The summed E-state index contributed by atoms with van der Waals surface area (Å²) < 4.78 is 29.6. The molecular weight excluding hydrogens is 463 g/mol. The summed E-state index contributed by atoms with van der Waals surface area (Å²) in [6.07, 6.45) is 0. The van der Waals surface area contributed by atoms with Crippen LogP contribution >= 0.6 is 11.6 Å². The Bertz CT molecular complexity index is 1340. The summed E-state index contributed by atoms with van der Waals surface area (Å²) in [5.41, 5.74) is 2.49. The van der Waals surface area contributed by atoms with Crippen molar-refractivity contribution in [1.82, 2.24) is 10.2 Å². The van der Waals surface area contributed by atoms with Crippen molar-refractivity contribution < 1.29 is 28.5 Å². The highest BCUT2D eigenvalue weighted by molar-refractivity contribution is 6.31. The fourth-order valence-corrected chi connectivity index (χ4v) is 3.44. The number of halogens is 2. The second-order valence-corrected chi connectivity index (χ2v) is 7.75. The second-order valence-electron chi connectivity index (χ2n) is 7.35. The normalized spacial score (nSPS) is 10.7. The molecule has 0 fully saturated rings. The SMILES string of the molecule is COC(=O)c1ccc(Oc2c(-c3ccc(OCc4ccc(F)cc4Cl)cc3O)n[nH]c2C)cc1. The zero-order valence-electron chi connectivity index (χ0n) is 18.3. The number of nitrogens with one attached hydrogen (secondary N) is 1. The number of aromatic hydroxyl groups is 1. The van der Waals surface area contributed by atoms with Gasteiger partial charge in [0.05, 0.1) is 23.4 Å². The van der Waals surface area contributed by atoms with Gasteiger partial charge in [0.25, 0.3) is 0 Å².